The summed E-state index contributed by atoms with van der Waals surface area (Å²) in [5.41, 5.74) is -0.0464. The third kappa shape index (κ3) is 3.79. The highest BCUT2D eigenvalue weighted by molar-refractivity contribution is 6.31. The van der Waals surface area contributed by atoms with E-state index in [9.17, 15) is 19.6 Å². The summed E-state index contributed by atoms with van der Waals surface area (Å²) >= 11 is 5.74. The normalized spacial score (nSPS) is 11.0. The molecule has 0 radical (unpaired) electrons. The first-order valence-electron chi connectivity index (χ1n) is 6.37. The van der Waals surface area contributed by atoms with Crippen LogP contribution < -0.4 is 5.11 Å². The minimum Gasteiger partial charge on any atom is -0.867 e. The molecule has 0 saturated carbocycles. The van der Waals surface area contributed by atoms with Gasteiger partial charge >= 0.3 is 0 Å². The quantitative estimate of drug-likeness (QED) is 0.482. The van der Waals surface area contributed by atoms with Crippen molar-refractivity contribution in [1.82, 2.24) is 0 Å². The summed E-state index contributed by atoms with van der Waals surface area (Å²) < 4.78 is 13.4. The van der Waals surface area contributed by atoms with Gasteiger partial charge in [-0.25, -0.2) is 4.39 Å². The number of nitro benzene ring substituents is 1. The molecule has 0 unspecified atom stereocenters. The Hall–Kier alpha value is -2.47. The maximum atomic E-state index is 13.4. The molecule has 0 N–H and O–H groups in total. The number of hydrogen-bond acceptors (Lipinski definition) is 4. The zero-order chi connectivity index (χ0) is 16.1. The van der Waals surface area contributed by atoms with E-state index in [2.05, 4.69) is 4.99 Å². The minimum atomic E-state index is -0.787. The molecular weight excluding hydrogens is 311 g/mol. The van der Waals surface area contributed by atoms with E-state index in [1.165, 1.54) is 18.3 Å². The fourth-order valence-electron chi connectivity index (χ4n) is 1.88. The lowest BCUT2D eigenvalue weighted by Crippen LogP contribution is -2.02. The van der Waals surface area contributed by atoms with Crippen LogP contribution in [0, 0.1) is 15.9 Å². The van der Waals surface area contributed by atoms with Crippen molar-refractivity contribution in [2.75, 3.05) is 6.54 Å². The van der Waals surface area contributed by atoms with Crippen molar-refractivity contribution in [2.45, 2.75) is 6.42 Å². The van der Waals surface area contributed by atoms with Gasteiger partial charge in [0.1, 0.15) is 5.82 Å². The number of hydrogen-bond donors (Lipinski definition) is 0. The van der Waals surface area contributed by atoms with E-state index < -0.39 is 16.4 Å². The molecule has 0 aliphatic rings. The highest BCUT2D eigenvalue weighted by Crippen LogP contribution is 2.29. The van der Waals surface area contributed by atoms with E-state index >= 15 is 0 Å². The van der Waals surface area contributed by atoms with Crippen molar-refractivity contribution < 1.29 is 14.4 Å². The topological polar surface area (TPSA) is 78.6 Å². The molecule has 22 heavy (non-hydrogen) atoms. The number of aliphatic imine (C=N–C) groups is 1. The molecule has 0 spiro atoms. The van der Waals surface area contributed by atoms with Crippen molar-refractivity contribution >= 4 is 23.5 Å². The lowest BCUT2D eigenvalue weighted by Gasteiger charge is -2.10. The van der Waals surface area contributed by atoms with Crippen LogP contribution in [-0.4, -0.2) is 17.7 Å². The second kappa shape index (κ2) is 7.00. The molecular formula is C15H11ClFN2O3-. The molecule has 0 saturated heterocycles. The Morgan fingerprint density at radius 1 is 1.32 bits per heavy atom. The summed E-state index contributed by atoms with van der Waals surface area (Å²) in [6.07, 6.45) is 1.59. The lowest BCUT2D eigenvalue weighted by molar-refractivity contribution is -0.398. The van der Waals surface area contributed by atoms with Crippen LogP contribution in [-0.2, 0) is 6.42 Å². The van der Waals surface area contributed by atoms with Gasteiger partial charge in [0.15, 0.2) is 0 Å². The van der Waals surface area contributed by atoms with E-state index in [0.29, 0.717) is 12.0 Å². The summed E-state index contributed by atoms with van der Waals surface area (Å²) in [6.45, 7) is 0.251. The first kappa shape index (κ1) is 15.9. The van der Waals surface area contributed by atoms with Gasteiger partial charge in [0, 0.05) is 23.8 Å². The highest BCUT2D eigenvalue weighted by Gasteiger charge is 2.11. The van der Waals surface area contributed by atoms with Crippen LogP contribution in [0.4, 0.5) is 10.1 Å². The van der Waals surface area contributed by atoms with Crippen LogP contribution in [0.5, 0.6) is 5.75 Å². The number of nitro groups is 1. The van der Waals surface area contributed by atoms with Crippen LogP contribution in [0.15, 0.2) is 41.4 Å². The van der Waals surface area contributed by atoms with Gasteiger partial charge in [0.25, 0.3) is 5.69 Å². The van der Waals surface area contributed by atoms with E-state index in [1.54, 1.807) is 18.2 Å². The first-order chi connectivity index (χ1) is 10.5. The van der Waals surface area contributed by atoms with E-state index in [4.69, 9.17) is 11.6 Å². The number of rotatable bonds is 5. The van der Waals surface area contributed by atoms with Crippen molar-refractivity contribution in [2.24, 2.45) is 4.99 Å². The Labute approximate surface area is 130 Å². The van der Waals surface area contributed by atoms with Gasteiger partial charge in [-0.2, -0.15) is 0 Å². The van der Waals surface area contributed by atoms with Gasteiger partial charge in [0.05, 0.1) is 4.92 Å². The third-order valence-electron chi connectivity index (χ3n) is 2.96. The summed E-state index contributed by atoms with van der Waals surface area (Å²) in [5.74, 6) is -1.07. The monoisotopic (exact) mass is 321 g/mol. The summed E-state index contributed by atoms with van der Waals surface area (Å²) in [7, 11) is 0. The van der Waals surface area contributed by atoms with E-state index in [-0.39, 0.29) is 22.9 Å². The van der Waals surface area contributed by atoms with Crippen molar-refractivity contribution in [3.63, 3.8) is 0 Å². The lowest BCUT2D eigenvalue weighted by atomic mass is 10.1. The largest absolute Gasteiger partial charge is 0.867 e. The fraction of sp³-hybridized carbons (Fsp3) is 0.133. The second-order valence-electron chi connectivity index (χ2n) is 4.48. The summed E-state index contributed by atoms with van der Waals surface area (Å²) in [4.78, 5) is 14.0. The third-order valence-corrected chi connectivity index (χ3v) is 3.18. The van der Waals surface area contributed by atoms with Crippen molar-refractivity contribution in [1.29, 1.82) is 0 Å². The molecule has 0 aromatic heterocycles. The molecule has 0 amide bonds. The molecule has 2 rings (SSSR count). The minimum absolute atomic E-state index is 0.0349. The van der Waals surface area contributed by atoms with Gasteiger partial charge in [0.2, 0.25) is 0 Å². The summed E-state index contributed by atoms with van der Waals surface area (Å²) in [5, 5.41) is 22.7. The maximum absolute atomic E-state index is 13.4. The van der Waals surface area contributed by atoms with Crippen LogP contribution in [0.2, 0.25) is 5.02 Å². The van der Waals surface area contributed by atoms with Gasteiger partial charge in [-0.05, 0) is 35.4 Å². The van der Waals surface area contributed by atoms with Gasteiger partial charge < -0.3 is 5.11 Å². The second-order valence-corrected chi connectivity index (χ2v) is 4.91. The number of halogens is 2. The van der Waals surface area contributed by atoms with Crippen LogP contribution >= 0.6 is 11.6 Å². The molecule has 0 aliphatic carbocycles. The van der Waals surface area contributed by atoms with Crippen LogP contribution in [0.3, 0.4) is 0 Å². The molecule has 0 aliphatic heterocycles. The summed E-state index contributed by atoms with van der Waals surface area (Å²) in [6, 6.07) is 8.63. The Balaban J connectivity index is 2.11. The molecule has 2 aromatic rings. The highest BCUT2D eigenvalue weighted by atomic mass is 35.5. The Morgan fingerprint density at radius 3 is 2.73 bits per heavy atom. The van der Waals surface area contributed by atoms with Crippen molar-refractivity contribution in [3.8, 4) is 5.75 Å². The Kier molecular flexibility index (Phi) is 5.06. The maximum Gasteiger partial charge on any atom is 0.263 e. The van der Waals surface area contributed by atoms with Gasteiger partial charge in [-0.15, -0.1) is 0 Å². The SMILES string of the molecule is O=[N+]([O-])c1cc(Cl)cc(C=NCCc2ccccc2F)c1[O-]. The number of nitrogens with zero attached hydrogens (tertiary/aromatic N) is 2. The molecule has 7 heteroatoms. The van der Waals surface area contributed by atoms with Crippen molar-refractivity contribution in [3.05, 3.63) is 68.5 Å². The molecule has 5 nitrogen and oxygen atoms in total. The molecule has 2 aromatic carbocycles. The zero-order valence-corrected chi connectivity index (χ0v) is 12.1. The van der Waals surface area contributed by atoms with E-state index in [1.807, 2.05) is 0 Å². The predicted octanol–water partition coefficient (Wildman–Crippen LogP) is 3.12. The molecule has 0 bridgehead atoms. The molecule has 0 fully saturated rings. The zero-order valence-electron chi connectivity index (χ0n) is 11.3. The number of benzene rings is 2. The van der Waals surface area contributed by atoms with Crippen LogP contribution in [0.25, 0.3) is 0 Å². The standard InChI is InChI=1S/C15H12ClFN2O3/c16-12-7-11(15(20)14(8-12)19(21)22)9-18-6-5-10-3-1-2-4-13(10)17/h1-4,7-9,20H,5-6H2/p-1. The Bertz CT molecular complexity index is 735. The molecule has 0 heterocycles. The average Bonchev–Trinajstić information content (AvgIpc) is 2.48. The smallest absolute Gasteiger partial charge is 0.263 e. The predicted molar refractivity (Wildman–Crippen MR) is 80.1 cm³/mol. The Morgan fingerprint density at radius 2 is 2.05 bits per heavy atom. The van der Waals surface area contributed by atoms with Gasteiger partial charge in [-0.3, -0.25) is 15.1 Å². The fourth-order valence-corrected chi connectivity index (χ4v) is 2.10. The average molecular weight is 322 g/mol. The van der Waals surface area contributed by atoms with E-state index in [0.717, 1.165) is 6.07 Å². The van der Waals surface area contributed by atoms with Crippen LogP contribution in [0.1, 0.15) is 11.1 Å². The molecule has 0 atom stereocenters. The molecule has 114 valence electrons. The first-order valence-corrected chi connectivity index (χ1v) is 6.75. The van der Waals surface area contributed by atoms with Gasteiger partial charge in [-0.1, -0.05) is 29.8 Å².